The van der Waals surface area contributed by atoms with Crippen LogP contribution in [0.15, 0.2) is 24.3 Å². The second-order valence-electron chi connectivity index (χ2n) is 6.44. The second-order valence-corrected chi connectivity index (χ2v) is 6.44. The summed E-state index contributed by atoms with van der Waals surface area (Å²) >= 11 is 0. The summed E-state index contributed by atoms with van der Waals surface area (Å²) in [4.78, 5) is 2.36. The molecule has 0 heterocycles. The predicted molar refractivity (Wildman–Crippen MR) is 84.7 cm³/mol. The van der Waals surface area contributed by atoms with Gasteiger partial charge in [0.15, 0.2) is 0 Å². The molecule has 2 heteroatoms. The van der Waals surface area contributed by atoms with E-state index in [4.69, 9.17) is 0 Å². The summed E-state index contributed by atoms with van der Waals surface area (Å²) in [5.74, 6) is 0.799. The van der Waals surface area contributed by atoms with Crippen LogP contribution in [0.3, 0.4) is 0 Å². The van der Waals surface area contributed by atoms with Crippen LogP contribution in [-0.2, 0) is 6.54 Å². The minimum atomic E-state index is -0.155. The molecule has 1 aromatic rings. The van der Waals surface area contributed by atoms with Crippen molar-refractivity contribution >= 4 is 0 Å². The number of benzene rings is 1. The molecule has 1 saturated carbocycles. The minimum absolute atomic E-state index is 0.155. The highest BCUT2D eigenvalue weighted by molar-refractivity contribution is 5.25. The molecule has 3 atom stereocenters. The van der Waals surface area contributed by atoms with Crippen molar-refractivity contribution in [3.05, 3.63) is 35.4 Å². The molecule has 20 heavy (non-hydrogen) atoms. The highest BCUT2D eigenvalue weighted by Crippen LogP contribution is 2.31. The summed E-state index contributed by atoms with van der Waals surface area (Å²) in [5.41, 5.74) is 2.72. The molecule has 0 aliphatic heterocycles. The number of rotatable bonds is 5. The van der Waals surface area contributed by atoms with Crippen LogP contribution in [0.1, 0.15) is 50.2 Å². The van der Waals surface area contributed by atoms with E-state index in [1.807, 2.05) is 0 Å². The Bertz CT molecular complexity index is 418. The Labute approximate surface area is 123 Å². The monoisotopic (exact) mass is 275 g/mol. The SMILES string of the molecule is CCCC1CCC(O)C(N(C)Cc2ccccc2C)C1. The van der Waals surface area contributed by atoms with Gasteiger partial charge >= 0.3 is 0 Å². The molecule has 0 saturated heterocycles. The normalized spacial score (nSPS) is 26.9. The number of nitrogens with zero attached hydrogens (tertiary/aromatic N) is 1. The summed E-state index contributed by atoms with van der Waals surface area (Å²) in [7, 11) is 2.16. The van der Waals surface area contributed by atoms with Crippen LogP contribution in [0.5, 0.6) is 0 Å². The van der Waals surface area contributed by atoms with Crippen molar-refractivity contribution in [2.24, 2.45) is 5.92 Å². The van der Waals surface area contributed by atoms with Crippen molar-refractivity contribution in [2.75, 3.05) is 7.05 Å². The van der Waals surface area contributed by atoms with E-state index < -0.39 is 0 Å². The van der Waals surface area contributed by atoms with Gasteiger partial charge < -0.3 is 5.11 Å². The highest BCUT2D eigenvalue weighted by atomic mass is 16.3. The zero-order valence-electron chi connectivity index (χ0n) is 13.2. The molecule has 1 N–H and O–H groups in total. The van der Waals surface area contributed by atoms with Gasteiger partial charge in [-0.15, -0.1) is 0 Å². The van der Waals surface area contributed by atoms with Gasteiger partial charge in [-0.25, -0.2) is 0 Å². The van der Waals surface area contributed by atoms with Gasteiger partial charge in [0, 0.05) is 12.6 Å². The summed E-state index contributed by atoms with van der Waals surface area (Å²) in [6.45, 7) is 5.37. The largest absolute Gasteiger partial charge is 0.391 e. The van der Waals surface area contributed by atoms with Gasteiger partial charge in [0.25, 0.3) is 0 Å². The van der Waals surface area contributed by atoms with Crippen molar-refractivity contribution in [1.82, 2.24) is 4.90 Å². The lowest BCUT2D eigenvalue weighted by Gasteiger charge is -2.39. The van der Waals surface area contributed by atoms with E-state index >= 15 is 0 Å². The van der Waals surface area contributed by atoms with Crippen molar-refractivity contribution in [1.29, 1.82) is 0 Å². The number of aliphatic hydroxyl groups excluding tert-OH is 1. The minimum Gasteiger partial charge on any atom is -0.391 e. The van der Waals surface area contributed by atoms with E-state index in [9.17, 15) is 5.11 Å². The third kappa shape index (κ3) is 3.83. The van der Waals surface area contributed by atoms with Crippen LogP contribution in [-0.4, -0.2) is 29.2 Å². The molecular formula is C18H29NO. The van der Waals surface area contributed by atoms with Gasteiger partial charge in [-0.1, -0.05) is 44.0 Å². The highest BCUT2D eigenvalue weighted by Gasteiger charge is 2.31. The lowest BCUT2D eigenvalue weighted by Crippen LogP contribution is -2.45. The molecule has 0 radical (unpaired) electrons. The molecule has 1 fully saturated rings. The Morgan fingerprint density at radius 3 is 2.70 bits per heavy atom. The van der Waals surface area contributed by atoms with Crippen LogP contribution in [0.2, 0.25) is 0 Å². The molecule has 0 amide bonds. The smallest absolute Gasteiger partial charge is 0.0695 e. The average molecular weight is 275 g/mol. The predicted octanol–water partition coefficient (Wildman–Crippen LogP) is 3.76. The van der Waals surface area contributed by atoms with Crippen molar-refractivity contribution in [3.8, 4) is 0 Å². The topological polar surface area (TPSA) is 23.5 Å². The first-order valence-corrected chi connectivity index (χ1v) is 8.04. The van der Waals surface area contributed by atoms with Gasteiger partial charge in [-0.2, -0.15) is 0 Å². The lowest BCUT2D eigenvalue weighted by atomic mass is 9.81. The van der Waals surface area contributed by atoms with Crippen LogP contribution >= 0.6 is 0 Å². The fourth-order valence-electron chi connectivity index (χ4n) is 3.53. The molecule has 1 aromatic carbocycles. The molecular weight excluding hydrogens is 246 g/mol. The third-order valence-electron chi connectivity index (χ3n) is 4.83. The van der Waals surface area contributed by atoms with Crippen molar-refractivity contribution in [2.45, 2.75) is 64.6 Å². The summed E-state index contributed by atoms with van der Waals surface area (Å²) in [5, 5.41) is 10.3. The van der Waals surface area contributed by atoms with Crippen molar-refractivity contribution < 1.29 is 5.11 Å². The fraction of sp³-hybridized carbons (Fsp3) is 0.667. The quantitative estimate of drug-likeness (QED) is 0.884. The van der Waals surface area contributed by atoms with E-state index in [-0.39, 0.29) is 6.10 Å². The first-order valence-electron chi connectivity index (χ1n) is 8.04. The van der Waals surface area contributed by atoms with Crippen LogP contribution < -0.4 is 0 Å². The molecule has 1 aliphatic carbocycles. The second kappa shape index (κ2) is 7.24. The fourth-order valence-corrected chi connectivity index (χ4v) is 3.53. The van der Waals surface area contributed by atoms with E-state index in [1.165, 1.54) is 30.4 Å². The Morgan fingerprint density at radius 1 is 1.25 bits per heavy atom. The molecule has 112 valence electrons. The van der Waals surface area contributed by atoms with E-state index in [1.54, 1.807) is 0 Å². The summed E-state index contributed by atoms with van der Waals surface area (Å²) < 4.78 is 0. The van der Waals surface area contributed by atoms with Crippen LogP contribution in [0.4, 0.5) is 0 Å². The van der Waals surface area contributed by atoms with Gasteiger partial charge in [-0.3, -0.25) is 4.90 Å². The van der Waals surface area contributed by atoms with Gasteiger partial charge in [-0.05, 0) is 50.3 Å². The Hall–Kier alpha value is -0.860. The number of aliphatic hydroxyl groups is 1. The van der Waals surface area contributed by atoms with Crippen LogP contribution in [0, 0.1) is 12.8 Å². The number of hydrogen-bond donors (Lipinski definition) is 1. The van der Waals surface area contributed by atoms with Gasteiger partial charge in [0.1, 0.15) is 0 Å². The molecule has 1 aliphatic rings. The first-order chi connectivity index (χ1) is 9.61. The van der Waals surface area contributed by atoms with Crippen molar-refractivity contribution in [3.63, 3.8) is 0 Å². The molecule has 0 bridgehead atoms. The third-order valence-corrected chi connectivity index (χ3v) is 4.83. The number of hydrogen-bond acceptors (Lipinski definition) is 2. The maximum Gasteiger partial charge on any atom is 0.0695 e. The Kier molecular flexibility index (Phi) is 5.62. The summed E-state index contributed by atoms with van der Waals surface area (Å²) in [6, 6.07) is 8.88. The molecule has 2 nitrogen and oxygen atoms in total. The Morgan fingerprint density at radius 2 is 2.00 bits per heavy atom. The van der Waals surface area contributed by atoms with Gasteiger partial charge in [0.05, 0.1) is 6.10 Å². The average Bonchev–Trinajstić information content (AvgIpc) is 2.43. The molecule has 2 rings (SSSR count). The van der Waals surface area contributed by atoms with E-state index in [0.29, 0.717) is 6.04 Å². The number of likely N-dealkylation sites (N-methyl/N-ethyl adjacent to an activating group) is 1. The van der Waals surface area contributed by atoms with Gasteiger partial charge in [0.2, 0.25) is 0 Å². The molecule has 0 aromatic heterocycles. The molecule has 0 spiro atoms. The molecule has 3 unspecified atom stereocenters. The van der Waals surface area contributed by atoms with E-state index in [0.717, 1.165) is 25.3 Å². The van der Waals surface area contributed by atoms with Crippen LogP contribution in [0.25, 0.3) is 0 Å². The maximum absolute atomic E-state index is 10.3. The maximum atomic E-state index is 10.3. The first kappa shape index (κ1) is 15.5. The van der Waals surface area contributed by atoms with E-state index in [2.05, 4.69) is 50.1 Å². The standard InChI is InChI=1S/C18H29NO/c1-4-7-15-10-11-18(20)17(12-15)19(3)13-16-9-6-5-8-14(16)2/h5-6,8-9,15,17-18,20H,4,7,10-13H2,1-3H3. The zero-order valence-corrected chi connectivity index (χ0v) is 13.2. The Balaban J connectivity index is 1.99. The summed E-state index contributed by atoms with van der Waals surface area (Å²) in [6.07, 6.45) is 5.72. The number of aryl methyl sites for hydroxylation is 1. The zero-order chi connectivity index (χ0) is 14.5. The lowest BCUT2D eigenvalue weighted by molar-refractivity contribution is 0.00951.